The van der Waals surface area contributed by atoms with Gasteiger partial charge in [-0.2, -0.15) is 0 Å². The number of hydrogen-bond acceptors (Lipinski definition) is 7. The Morgan fingerprint density at radius 1 is 1.07 bits per heavy atom. The molecule has 0 spiro atoms. The van der Waals surface area contributed by atoms with Gasteiger partial charge in [-0.1, -0.05) is 36.1 Å². The summed E-state index contributed by atoms with van der Waals surface area (Å²) in [6.07, 6.45) is 0. The van der Waals surface area contributed by atoms with E-state index in [2.05, 4.69) is 27.4 Å². The van der Waals surface area contributed by atoms with Gasteiger partial charge in [-0.3, -0.25) is 14.9 Å². The highest BCUT2D eigenvalue weighted by atomic mass is 19.1. The molecule has 2 aromatic carbocycles. The van der Waals surface area contributed by atoms with Crippen LogP contribution in [0.25, 0.3) is 11.3 Å². The molecule has 3 aliphatic rings. The number of urea groups is 1. The molecule has 4 heterocycles. The van der Waals surface area contributed by atoms with Crippen molar-refractivity contribution in [3.63, 3.8) is 0 Å². The maximum Gasteiger partial charge on any atom is 0.323 e. The van der Waals surface area contributed by atoms with Crippen LogP contribution in [0.5, 0.6) is 5.75 Å². The molecule has 11 heteroatoms. The first kappa shape index (κ1) is 26.3. The molecule has 0 radical (unpaired) electrons. The smallest absolute Gasteiger partial charge is 0.323 e. The van der Waals surface area contributed by atoms with E-state index in [1.54, 1.807) is 18.2 Å². The number of hydrogen-bond donors (Lipinski definition) is 2. The second-order valence-corrected chi connectivity index (χ2v) is 9.90. The first-order chi connectivity index (χ1) is 19.9. The molecular weight excluding hydrogens is 529 g/mol. The van der Waals surface area contributed by atoms with E-state index in [1.165, 1.54) is 18.1 Å². The molecule has 3 aliphatic heterocycles. The van der Waals surface area contributed by atoms with Gasteiger partial charge in [0.25, 0.3) is 11.8 Å². The molecule has 208 valence electrons. The SMILES string of the molecule is COc1ccc2c(c1F)C(=O)N(C[C@@]1(C#Cc3ccc(-c4cccc(N5CCOCC5)n4)cc3)NC(=O)NC1=O)C2. The number of carbonyl (C=O) groups excluding carboxylic acids is 3. The van der Waals surface area contributed by atoms with Gasteiger partial charge in [0.2, 0.25) is 5.54 Å². The molecule has 0 aliphatic carbocycles. The number of benzene rings is 2. The molecule has 2 saturated heterocycles. The van der Waals surface area contributed by atoms with Crippen molar-refractivity contribution in [3.05, 3.63) is 77.1 Å². The lowest BCUT2D eigenvalue weighted by atomic mass is 9.98. The van der Waals surface area contributed by atoms with Gasteiger partial charge < -0.3 is 24.6 Å². The fourth-order valence-corrected chi connectivity index (χ4v) is 5.15. The van der Waals surface area contributed by atoms with Crippen molar-refractivity contribution >= 4 is 23.7 Å². The maximum absolute atomic E-state index is 14.8. The van der Waals surface area contributed by atoms with E-state index >= 15 is 0 Å². The van der Waals surface area contributed by atoms with Gasteiger partial charge in [-0.15, -0.1) is 0 Å². The number of halogens is 1. The molecule has 6 rings (SSSR count). The van der Waals surface area contributed by atoms with E-state index < -0.39 is 29.2 Å². The standard InChI is InChI=1S/C30H26FN5O5/c1-40-23-10-9-21-17-36(27(37)25(21)26(23)31)18-30(28(38)33-29(39)34-30)12-11-19-5-7-20(8-6-19)22-3-2-4-24(32-22)35-13-15-41-16-14-35/h2-10H,13-18H2,1H3,(H2,33,34,38,39)/t30-/m1/s1. The second kappa shape index (κ2) is 10.6. The molecule has 1 atom stereocenters. The average Bonchev–Trinajstić information content (AvgIpc) is 3.47. The van der Waals surface area contributed by atoms with Gasteiger partial charge in [0.05, 0.1) is 38.1 Å². The van der Waals surface area contributed by atoms with Crippen LogP contribution in [0, 0.1) is 17.7 Å². The van der Waals surface area contributed by atoms with Crippen LogP contribution >= 0.6 is 0 Å². The Kier molecular flexibility index (Phi) is 6.77. The van der Waals surface area contributed by atoms with Gasteiger partial charge in [-0.25, -0.2) is 14.2 Å². The van der Waals surface area contributed by atoms with E-state index in [1.807, 2.05) is 30.3 Å². The molecule has 4 amide bonds. The third-order valence-electron chi connectivity index (χ3n) is 7.32. The third-order valence-corrected chi connectivity index (χ3v) is 7.32. The van der Waals surface area contributed by atoms with Crippen molar-refractivity contribution in [2.24, 2.45) is 0 Å². The summed E-state index contributed by atoms with van der Waals surface area (Å²) < 4.78 is 25.3. The number of nitrogens with one attached hydrogen (secondary N) is 2. The van der Waals surface area contributed by atoms with E-state index in [9.17, 15) is 18.8 Å². The van der Waals surface area contributed by atoms with Crippen molar-refractivity contribution in [1.29, 1.82) is 0 Å². The molecule has 2 fully saturated rings. The monoisotopic (exact) mass is 555 g/mol. The van der Waals surface area contributed by atoms with Crippen LogP contribution in [0.4, 0.5) is 15.0 Å². The molecule has 0 saturated carbocycles. The van der Waals surface area contributed by atoms with Gasteiger partial charge in [-0.05, 0) is 35.9 Å². The van der Waals surface area contributed by atoms with E-state index in [4.69, 9.17) is 14.5 Å². The molecule has 1 aromatic heterocycles. The molecule has 0 unspecified atom stereocenters. The molecule has 3 aromatic rings. The average molecular weight is 556 g/mol. The Balaban J connectivity index is 1.23. The predicted molar refractivity (Wildman–Crippen MR) is 147 cm³/mol. The Labute approximate surface area is 235 Å². The van der Waals surface area contributed by atoms with E-state index in [0.717, 1.165) is 30.2 Å². The number of fused-ring (bicyclic) bond motifs is 1. The van der Waals surface area contributed by atoms with Gasteiger partial charge >= 0.3 is 6.03 Å². The number of imide groups is 1. The summed E-state index contributed by atoms with van der Waals surface area (Å²) in [6, 6.07) is 15.6. The van der Waals surface area contributed by atoms with E-state index in [-0.39, 0.29) is 24.4 Å². The zero-order valence-corrected chi connectivity index (χ0v) is 22.2. The third kappa shape index (κ3) is 4.94. The summed E-state index contributed by atoms with van der Waals surface area (Å²) >= 11 is 0. The number of methoxy groups -OCH3 is 1. The Morgan fingerprint density at radius 2 is 1.85 bits per heavy atom. The van der Waals surface area contributed by atoms with Crippen LogP contribution < -0.4 is 20.3 Å². The van der Waals surface area contributed by atoms with Crippen LogP contribution in [0.15, 0.2) is 54.6 Å². The molecular formula is C30H26FN5O5. The minimum Gasteiger partial charge on any atom is -0.494 e. The number of morpholine rings is 1. The van der Waals surface area contributed by atoms with Crippen LogP contribution in [-0.2, 0) is 16.1 Å². The fourth-order valence-electron chi connectivity index (χ4n) is 5.15. The Bertz CT molecular complexity index is 1610. The van der Waals surface area contributed by atoms with Gasteiger partial charge in [0.1, 0.15) is 5.82 Å². The van der Waals surface area contributed by atoms with Crippen LogP contribution in [-0.4, -0.2) is 73.2 Å². The highest BCUT2D eigenvalue weighted by Gasteiger charge is 2.48. The first-order valence-electron chi connectivity index (χ1n) is 13.1. The summed E-state index contributed by atoms with van der Waals surface area (Å²) in [6.45, 7) is 2.72. The zero-order chi connectivity index (χ0) is 28.6. The fraction of sp³-hybridized carbons (Fsp3) is 0.267. The lowest BCUT2D eigenvalue weighted by Crippen LogP contribution is -2.54. The van der Waals surface area contributed by atoms with Gasteiger partial charge in [0.15, 0.2) is 11.6 Å². The number of rotatable bonds is 5. The molecule has 0 bridgehead atoms. The molecule has 41 heavy (non-hydrogen) atoms. The summed E-state index contributed by atoms with van der Waals surface area (Å²) in [5.41, 5.74) is 0.941. The number of nitrogens with zero attached hydrogens (tertiary/aromatic N) is 3. The minimum absolute atomic E-state index is 0.0492. The van der Waals surface area contributed by atoms with Crippen LogP contribution in [0.2, 0.25) is 0 Å². The quantitative estimate of drug-likeness (QED) is 0.367. The zero-order valence-electron chi connectivity index (χ0n) is 22.2. The van der Waals surface area contributed by atoms with Crippen molar-refractivity contribution in [3.8, 4) is 28.8 Å². The predicted octanol–water partition coefficient (Wildman–Crippen LogP) is 2.32. The largest absolute Gasteiger partial charge is 0.494 e. The summed E-state index contributed by atoms with van der Waals surface area (Å²) in [7, 11) is 1.32. The summed E-state index contributed by atoms with van der Waals surface area (Å²) in [4.78, 5) is 46.4. The lowest BCUT2D eigenvalue weighted by Gasteiger charge is -2.28. The van der Waals surface area contributed by atoms with E-state index in [0.29, 0.717) is 24.3 Å². The number of amides is 4. The summed E-state index contributed by atoms with van der Waals surface area (Å²) in [5, 5.41) is 4.77. The normalized spacial score (nSPS) is 19.8. The van der Waals surface area contributed by atoms with Crippen molar-refractivity contribution in [2.45, 2.75) is 12.1 Å². The van der Waals surface area contributed by atoms with Crippen molar-refractivity contribution in [1.82, 2.24) is 20.5 Å². The number of carbonyl (C=O) groups is 3. The minimum atomic E-state index is -1.71. The lowest BCUT2D eigenvalue weighted by molar-refractivity contribution is -0.122. The van der Waals surface area contributed by atoms with Crippen molar-refractivity contribution in [2.75, 3.05) is 44.9 Å². The maximum atomic E-state index is 14.8. The second-order valence-electron chi connectivity index (χ2n) is 9.90. The van der Waals surface area contributed by atoms with Crippen LogP contribution in [0.3, 0.4) is 0 Å². The Hall–Kier alpha value is -4.95. The Morgan fingerprint density at radius 3 is 2.56 bits per heavy atom. The summed E-state index contributed by atoms with van der Waals surface area (Å²) in [5.74, 6) is 4.62. The number of ether oxygens (including phenoxy) is 2. The van der Waals surface area contributed by atoms with Gasteiger partial charge in [0, 0.05) is 30.8 Å². The van der Waals surface area contributed by atoms with Crippen molar-refractivity contribution < 1.29 is 28.2 Å². The highest BCUT2D eigenvalue weighted by Crippen LogP contribution is 2.32. The highest BCUT2D eigenvalue weighted by molar-refractivity contribution is 6.10. The molecule has 2 N–H and O–H groups in total. The number of anilines is 1. The number of pyridine rings is 1. The topological polar surface area (TPSA) is 113 Å². The molecule has 10 nitrogen and oxygen atoms in total. The van der Waals surface area contributed by atoms with Crippen LogP contribution in [0.1, 0.15) is 21.5 Å². The first-order valence-corrected chi connectivity index (χ1v) is 13.1. The number of aromatic nitrogens is 1.